The van der Waals surface area contributed by atoms with Crippen molar-refractivity contribution in [2.45, 2.75) is 88.5 Å². The minimum atomic E-state index is -1.20. The van der Waals surface area contributed by atoms with E-state index in [1.807, 2.05) is 74.1 Å². The number of phenols is 1. The number of nitrogens with zero attached hydrogens (tertiary/aromatic N) is 4. The first-order chi connectivity index (χ1) is 37.1. The number of carboxylic acids is 2. The SMILES string of the molecule is C=CCC1(C(C)CC)C(=O)NC(=O)NC1=O.CC(CN1c2ccccc2Sc2ccccc21)N(C)C.CC[C@@H](c1cccc(O)c1)[C@@H](C)CN(C)C.COc1ccc2cc([C@H](C)C(=O)O)ccc2c1.O=C(O)c1cccnc1. The van der Waals surface area contributed by atoms with E-state index in [1.165, 1.54) is 51.3 Å². The highest BCUT2D eigenvalue weighted by atomic mass is 32.2. The van der Waals surface area contributed by atoms with E-state index in [0.717, 1.165) is 41.6 Å². The molecule has 16 heteroatoms. The average Bonchev–Trinajstić information content (AvgIpc) is 3.48. The van der Waals surface area contributed by atoms with Crippen molar-refractivity contribution in [3.8, 4) is 11.5 Å². The highest BCUT2D eigenvalue weighted by molar-refractivity contribution is 7.99. The molecule has 4 amide bonds. The normalized spacial score (nSPS) is 14.9. The molecule has 0 bridgehead atoms. The van der Waals surface area contributed by atoms with Crippen LogP contribution >= 0.6 is 11.8 Å². The van der Waals surface area contributed by atoms with Crippen LogP contribution in [0, 0.1) is 17.3 Å². The van der Waals surface area contributed by atoms with Gasteiger partial charge in [-0.1, -0.05) is 113 Å². The summed E-state index contributed by atoms with van der Waals surface area (Å²) in [5.41, 5.74) is 3.73. The van der Waals surface area contributed by atoms with Gasteiger partial charge in [0.05, 0.1) is 30.0 Å². The number of urea groups is 1. The van der Waals surface area contributed by atoms with Gasteiger partial charge in [-0.05, 0) is 155 Å². The predicted molar refractivity (Wildman–Crippen MR) is 312 cm³/mol. The molecule has 5 N–H and O–H groups in total. The van der Waals surface area contributed by atoms with Crippen LogP contribution in [0.15, 0.2) is 156 Å². The van der Waals surface area contributed by atoms with Crippen LogP contribution < -0.4 is 20.3 Å². The van der Waals surface area contributed by atoms with Gasteiger partial charge in [-0.15, -0.1) is 6.58 Å². The summed E-state index contributed by atoms with van der Waals surface area (Å²) < 4.78 is 5.14. The minimum Gasteiger partial charge on any atom is -0.508 e. The van der Waals surface area contributed by atoms with Crippen LogP contribution in [0.25, 0.3) is 10.8 Å². The average molecular weight is 1080 g/mol. The number of carboxylic acid groups (broad SMARTS) is 2. The molecule has 1 saturated heterocycles. The van der Waals surface area contributed by atoms with E-state index in [0.29, 0.717) is 30.0 Å². The fourth-order valence-electron chi connectivity index (χ4n) is 9.08. The van der Waals surface area contributed by atoms with Crippen molar-refractivity contribution in [3.05, 3.63) is 163 Å². The Kier molecular flexibility index (Phi) is 24.6. The Morgan fingerprint density at radius 1 is 0.769 bits per heavy atom. The van der Waals surface area contributed by atoms with E-state index in [4.69, 9.17) is 14.9 Å². The number of aromatic hydroxyl groups is 1. The number of hydrogen-bond acceptors (Lipinski definition) is 12. The van der Waals surface area contributed by atoms with Gasteiger partial charge in [0.15, 0.2) is 0 Å². The number of carbonyl (C=O) groups excluding carboxylic acids is 3. The fourth-order valence-corrected chi connectivity index (χ4v) is 10.2. The first-order valence-electron chi connectivity index (χ1n) is 26.1. The number of barbiturate groups is 1. The van der Waals surface area contributed by atoms with Gasteiger partial charge in [0, 0.05) is 41.3 Å². The molecule has 15 nitrogen and oxygen atoms in total. The lowest BCUT2D eigenvalue weighted by Gasteiger charge is -2.37. The number of amides is 4. The Balaban J connectivity index is 0.000000214. The molecular formula is C62H78N6O9S. The van der Waals surface area contributed by atoms with Crippen molar-refractivity contribution >= 4 is 63.7 Å². The van der Waals surface area contributed by atoms with Gasteiger partial charge in [-0.25, -0.2) is 9.59 Å². The van der Waals surface area contributed by atoms with Crippen molar-refractivity contribution in [3.63, 3.8) is 0 Å². The monoisotopic (exact) mass is 1080 g/mol. The van der Waals surface area contributed by atoms with Crippen molar-refractivity contribution in [2.75, 3.05) is 53.3 Å². The van der Waals surface area contributed by atoms with E-state index < -0.39 is 41.1 Å². The van der Waals surface area contributed by atoms with Gasteiger partial charge in [0.2, 0.25) is 11.8 Å². The number of rotatable bonds is 16. The summed E-state index contributed by atoms with van der Waals surface area (Å²) in [6, 6.07) is 39.3. The topological polar surface area (TPSA) is 202 Å². The molecule has 5 atom stereocenters. The van der Waals surface area contributed by atoms with E-state index in [-0.39, 0.29) is 17.9 Å². The molecule has 0 spiro atoms. The number of ether oxygens (including phenoxy) is 1. The summed E-state index contributed by atoms with van der Waals surface area (Å²) in [5.74, 6) is -1.16. The van der Waals surface area contributed by atoms with Gasteiger partial charge in [-0.3, -0.25) is 30.0 Å². The lowest BCUT2D eigenvalue weighted by Crippen LogP contribution is -2.64. The maximum atomic E-state index is 11.9. The molecule has 3 heterocycles. The highest BCUT2D eigenvalue weighted by Gasteiger charge is 2.52. The van der Waals surface area contributed by atoms with Crippen molar-refractivity contribution < 1.29 is 44.0 Å². The summed E-state index contributed by atoms with van der Waals surface area (Å²) in [6.07, 6.45) is 6.38. The molecule has 1 aromatic heterocycles. The second-order valence-corrected chi connectivity index (χ2v) is 21.0. The number of anilines is 2. The third-order valence-corrected chi connectivity index (χ3v) is 15.1. The number of aromatic nitrogens is 1. The largest absolute Gasteiger partial charge is 0.508 e. The van der Waals surface area contributed by atoms with Crippen molar-refractivity contribution in [1.82, 2.24) is 25.4 Å². The van der Waals surface area contributed by atoms with E-state index >= 15 is 0 Å². The summed E-state index contributed by atoms with van der Waals surface area (Å²) >= 11 is 1.87. The number of hydrogen-bond donors (Lipinski definition) is 5. The number of likely N-dealkylation sites (N-methyl/N-ethyl adjacent to an activating group) is 1. The molecule has 78 heavy (non-hydrogen) atoms. The molecule has 2 aliphatic rings. The molecule has 2 unspecified atom stereocenters. The third-order valence-electron chi connectivity index (χ3n) is 14.0. The number of carbonyl (C=O) groups is 5. The molecule has 2 aliphatic heterocycles. The third kappa shape index (κ3) is 17.2. The van der Waals surface area contributed by atoms with Crippen molar-refractivity contribution in [1.29, 1.82) is 0 Å². The Labute approximate surface area is 464 Å². The Bertz CT molecular complexity index is 2890. The molecular weight excluding hydrogens is 1000 g/mol. The quantitative estimate of drug-likeness (QED) is 0.0452. The molecule has 416 valence electrons. The van der Waals surface area contributed by atoms with Crippen molar-refractivity contribution in [2.24, 2.45) is 17.3 Å². The molecule has 0 radical (unpaired) electrons. The van der Waals surface area contributed by atoms with Crippen LogP contribution in [0.5, 0.6) is 11.5 Å². The number of allylic oxidation sites excluding steroid dienone is 1. The first-order valence-corrected chi connectivity index (χ1v) is 26.9. The first kappa shape index (κ1) is 63.0. The van der Waals surface area contributed by atoms with Crippen LogP contribution in [-0.2, 0) is 14.4 Å². The van der Waals surface area contributed by atoms with Gasteiger partial charge < -0.3 is 34.8 Å². The van der Waals surface area contributed by atoms with Gasteiger partial charge in [-0.2, -0.15) is 0 Å². The van der Waals surface area contributed by atoms with Gasteiger partial charge in [0.25, 0.3) is 0 Å². The lowest BCUT2D eigenvalue weighted by molar-refractivity contribution is -0.148. The number of nitrogens with one attached hydrogen (secondary N) is 2. The summed E-state index contributed by atoms with van der Waals surface area (Å²) in [6.45, 7) is 17.8. The maximum absolute atomic E-state index is 11.9. The summed E-state index contributed by atoms with van der Waals surface area (Å²) in [5, 5.41) is 33.2. The molecule has 1 fully saturated rings. The zero-order chi connectivity index (χ0) is 57.7. The number of para-hydroxylation sites is 2. The zero-order valence-corrected chi connectivity index (χ0v) is 47.7. The van der Waals surface area contributed by atoms with E-state index in [1.54, 1.807) is 26.2 Å². The smallest absolute Gasteiger partial charge is 0.337 e. The Morgan fingerprint density at radius 2 is 1.37 bits per heavy atom. The number of aromatic carboxylic acids is 1. The number of phenolic OH excluding ortho intramolecular Hbond substituents is 1. The lowest BCUT2D eigenvalue weighted by atomic mass is 9.70. The zero-order valence-electron chi connectivity index (χ0n) is 46.9. The van der Waals surface area contributed by atoms with Crippen LogP contribution in [0.1, 0.15) is 94.1 Å². The van der Waals surface area contributed by atoms with Crippen LogP contribution in [-0.4, -0.2) is 114 Å². The maximum Gasteiger partial charge on any atom is 0.337 e. The number of imide groups is 2. The van der Waals surface area contributed by atoms with E-state index in [9.17, 15) is 29.1 Å². The van der Waals surface area contributed by atoms with Crippen LogP contribution in [0.2, 0.25) is 0 Å². The number of pyridine rings is 1. The van der Waals surface area contributed by atoms with E-state index in [2.05, 4.69) is 140 Å². The molecule has 0 saturated carbocycles. The van der Waals surface area contributed by atoms with Gasteiger partial charge >= 0.3 is 18.0 Å². The molecule has 6 aromatic rings. The highest BCUT2D eigenvalue weighted by Crippen LogP contribution is 2.48. The molecule has 5 aromatic carbocycles. The number of methoxy groups -OCH3 is 1. The summed E-state index contributed by atoms with van der Waals surface area (Å²) in [4.78, 5) is 69.1. The standard InChI is InChI=1S/C17H20N2S.C14H23NO.C14H14O3.C11H16N2O3.C6H5NO2/c1-13(18(2)3)12-19-14-8-4-6-10-16(14)20-17-11-7-5-9-15(17)19;1-5-14(11(2)10-15(3)4)12-7-6-8-13(16)9-12;1-9(14(15)16)10-3-4-12-8-13(17-2)6-5-11(12)7-10;1-4-6-11(7(3)5-2)8(14)12-10(16)13-9(11)15;8-6(9)5-2-1-3-7-4-5/h4-11,13H,12H2,1-3H3;6-9,11,14,16H,5,10H2,1-4H3;3-9H,1-2H3,(H,15,16);4,7H,1,5-6H2,2-3H3,(H2,12,13,14,15,16);1-4H,(H,8,9)/t;11-,14+;9-;;/m.00../s1. The van der Waals surface area contributed by atoms with Crippen LogP contribution in [0.3, 0.4) is 0 Å². The molecule has 0 aliphatic carbocycles. The van der Waals surface area contributed by atoms with Gasteiger partial charge in [0.1, 0.15) is 16.9 Å². The second-order valence-electron chi connectivity index (χ2n) is 19.9. The Hall–Kier alpha value is -7.53. The predicted octanol–water partition coefficient (Wildman–Crippen LogP) is 12.1. The molecule has 8 rings (SSSR count). The minimum absolute atomic E-state index is 0.154. The number of fused-ring (bicyclic) bond motifs is 3. The fraction of sp³-hybridized carbons (Fsp3) is 0.355. The van der Waals surface area contributed by atoms with Crippen LogP contribution in [0.4, 0.5) is 16.2 Å². The number of aliphatic carboxylic acids is 1. The number of benzene rings is 5. The second kappa shape index (κ2) is 30.4. The summed E-state index contributed by atoms with van der Waals surface area (Å²) in [7, 11) is 10.1. The Morgan fingerprint density at radius 3 is 1.86 bits per heavy atom.